The molecule has 0 radical (unpaired) electrons. The van der Waals surface area contributed by atoms with Gasteiger partial charge in [0, 0.05) is 18.2 Å². The molecule has 3 aromatic carbocycles. The first kappa shape index (κ1) is 24.7. The molecule has 4 aromatic rings. The Labute approximate surface area is 208 Å². The van der Waals surface area contributed by atoms with Crippen LogP contribution in [-0.4, -0.2) is 28.0 Å². The van der Waals surface area contributed by atoms with Gasteiger partial charge >= 0.3 is 0 Å². The second kappa shape index (κ2) is 10.9. The third-order valence-electron chi connectivity index (χ3n) is 5.72. The normalized spacial score (nSPS) is 11.6. The van der Waals surface area contributed by atoms with E-state index >= 15 is 0 Å². The molecule has 184 valence electrons. The molecule has 2 N–H and O–H groups in total. The quantitative estimate of drug-likeness (QED) is 0.366. The number of fused-ring (bicyclic) bond motifs is 1. The number of nitrogens with one attached hydrogen (secondary N) is 2. The van der Waals surface area contributed by atoms with Crippen LogP contribution < -0.4 is 20.9 Å². The molecule has 0 fully saturated rings. The molecule has 0 saturated heterocycles. The number of ether oxygens (including phenoxy) is 1. The first-order valence-electron chi connectivity index (χ1n) is 11.8. The monoisotopic (exact) mass is 484 g/mol. The number of hydrogen-bond donors (Lipinski definition) is 2. The zero-order valence-corrected chi connectivity index (χ0v) is 20.4. The lowest BCUT2D eigenvalue weighted by atomic mass is 10.1. The first-order valence-corrected chi connectivity index (χ1v) is 11.8. The van der Waals surface area contributed by atoms with E-state index in [1.165, 1.54) is 11.5 Å². The predicted octanol–water partition coefficient (Wildman–Crippen LogP) is 5.01. The summed E-state index contributed by atoms with van der Waals surface area (Å²) < 4.78 is 6.96. The minimum Gasteiger partial charge on any atom is -0.494 e. The molecule has 1 aromatic heterocycles. The van der Waals surface area contributed by atoms with Crippen LogP contribution in [0.5, 0.6) is 5.75 Å². The Bertz CT molecular complexity index is 1460. The zero-order chi connectivity index (χ0) is 25.7. The highest BCUT2D eigenvalue weighted by atomic mass is 16.5. The minimum absolute atomic E-state index is 0.158. The van der Waals surface area contributed by atoms with Crippen molar-refractivity contribution >= 4 is 34.2 Å². The van der Waals surface area contributed by atoms with E-state index < -0.39 is 11.6 Å². The van der Waals surface area contributed by atoms with E-state index in [1.807, 2.05) is 26.0 Å². The topological polar surface area (TPSA) is 102 Å². The molecule has 0 aliphatic rings. The summed E-state index contributed by atoms with van der Waals surface area (Å²) in [5.41, 5.74) is 2.42. The average molecular weight is 485 g/mol. The smallest absolute Gasteiger partial charge is 0.278 e. The summed E-state index contributed by atoms with van der Waals surface area (Å²) >= 11 is 0. The lowest BCUT2D eigenvalue weighted by molar-refractivity contribution is -0.119. The van der Waals surface area contributed by atoms with E-state index in [9.17, 15) is 14.4 Å². The van der Waals surface area contributed by atoms with Crippen LogP contribution in [0.2, 0.25) is 0 Å². The summed E-state index contributed by atoms with van der Waals surface area (Å²) in [6, 6.07) is 20.5. The van der Waals surface area contributed by atoms with Crippen LogP contribution in [-0.2, 0) is 9.59 Å². The molecule has 0 unspecified atom stereocenters. The Hall–Kier alpha value is -4.46. The van der Waals surface area contributed by atoms with Gasteiger partial charge in [0.2, 0.25) is 11.8 Å². The Kier molecular flexibility index (Phi) is 7.44. The Morgan fingerprint density at radius 3 is 2.33 bits per heavy atom. The fraction of sp³-hybridized carbons (Fsp3) is 0.214. The highest BCUT2D eigenvalue weighted by Crippen LogP contribution is 2.28. The second-order valence-electron chi connectivity index (χ2n) is 8.22. The van der Waals surface area contributed by atoms with Gasteiger partial charge in [0.05, 0.1) is 23.3 Å². The van der Waals surface area contributed by atoms with Crippen molar-refractivity contribution in [1.82, 2.24) is 9.55 Å². The maximum atomic E-state index is 13.9. The summed E-state index contributed by atoms with van der Waals surface area (Å²) in [4.78, 5) is 43.7. The van der Waals surface area contributed by atoms with E-state index in [0.717, 1.165) is 0 Å². The van der Waals surface area contributed by atoms with Crippen molar-refractivity contribution in [2.75, 3.05) is 17.2 Å². The van der Waals surface area contributed by atoms with E-state index in [1.54, 1.807) is 60.7 Å². The molecule has 0 saturated carbocycles. The number of aromatic nitrogens is 2. The van der Waals surface area contributed by atoms with Crippen molar-refractivity contribution in [3.05, 3.63) is 83.2 Å². The van der Waals surface area contributed by atoms with Crippen LogP contribution in [0.3, 0.4) is 0 Å². The van der Waals surface area contributed by atoms with E-state index in [4.69, 9.17) is 4.74 Å². The van der Waals surface area contributed by atoms with Gasteiger partial charge in [0.15, 0.2) is 0 Å². The van der Waals surface area contributed by atoms with E-state index in [0.29, 0.717) is 46.7 Å². The third kappa shape index (κ3) is 5.12. The molecule has 0 spiro atoms. The summed E-state index contributed by atoms with van der Waals surface area (Å²) in [5, 5.41) is 5.68. The fourth-order valence-corrected chi connectivity index (χ4v) is 4.14. The SMILES string of the molecule is CCOc1ccc(NC(=O)[C@H](CC)n2c(=O)c(-c3ccccc3NC(C)=O)nc3ccccc32)cc1. The summed E-state index contributed by atoms with van der Waals surface area (Å²) in [7, 11) is 0. The average Bonchev–Trinajstić information content (AvgIpc) is 2.87. The third-order valence-corrected chi connectivity index (χ3v) is 5.72. The number of carbonyl (C=O) groups is 2. The molecule has 8 nitrogen and oxygen atoms in total. The van der Waals surface area contributed by atoms with Crippen LogP contribution in [0.15, 0.2) is 77.6 Å². The Morgan fingerprint density at radius 1 is 0.944 bits per heavy atom. The van der Waals surface area contributed by atoms with Crippen LogP contribution in [0.1, 0.15) is 33.2 Å². The number of carbonyl (C=O) groups excluding carboxylic acids is 2. The number of hydrogen-bond acceptors (Lipinski definition) is 5. The molecule has 36 heavy (non-hydrogen) atoms. The van der Waals surface area contributed by atoms with Crippen molar-refractivity contribution < 1.29 is 14.3 Å². The van der Waals surface area contributed by atoms with Gasteiger partial charge in [-0.1, -0.05) is 37.3 Å². The van der Waals surface area contributed by atoms with Crippen LogP contribution in [0, 0.1) is 0 Å². The van der Waals surface area contributed by atoms with E-state index in [-0.39, 0.29) is 17.5 Å². The van der Waals surface area contributed by atoms with Gasteiger partial charge in [0.25, 0.3) is 5.56 Å². The van der Waals surface area contributed by atoms with Gasteiger partial charge in [-0.3, -0.25) is 19.0 Å². The molecular weight excluding hydrogens is 456 g/mol. The standard InChI is InChI=1S/C28H28N4O4/c1-4-24(27(34)30-19-14-16-20(17-15-19)36-5-2)32-25-13-9-8-12-23(25)31-26(28(32)35)21-10-6-7-11-22(21)29-18(3)33/h6-17,24H,4-5H2,1-3H3,(H,29,33)(H,30,34)/t24-/m0/s1. The molecule has 2 amide bonds. The minimum atomic E-state index is -0.788. The van der Waals surface area contributed by atoms with Gasteiger partial charge in [-0.15, -0.1) is 0 Å². The van der Waals surface area contributed by atoms with Crippen molar-refractivity contribution in [3.8, 4) is 17.0 Å². The second-order valence-corrected chi connectivity index (χ2v) is 8.22. The Balaban J connectivity index is 1.81. The van der Waals surface area contributed by atoms with Gasteiger partial charge in [-0.2, -0.15) is 0 Å². The Morgan fingerprint density at radius 2 is 1.64 bits per heavy atom. The fourth-order valence-electron chi connectivity index (χ4n) is 4.14. The van der Waals surface area contributed by atoms with Crippen LogP contribution in [0.25, 0.3) is 22.3 Å². The first-order chi connectivity index (χ1) is 17.4. The van der Waals surface area contributed by atoms with E-state index in [2.05, 4.69) is 15.6 Å². The van der Waals surface area contributed by atoms with Gasteiger partial charge in [-0.05, 0) is 55.8 Å². The predicted molar refractivity (Wildman–Crippen MR) is 141 cm³/mol. The molecule has 0 aliphatic carbocycles. The molecule has 1 atom stereocenters. The van der Waals surface area contributed by atoms with Crippen molar-refractivity contribution in [2.24, 2.45) is 0 Å². The summed E-state index contributed by atoms with van der Waals surface area (Å²) in [6.45, 7) is 5.71. The number of rotatable bonds is 8. The van der Waals surface area contributed by atoms with Gasteiger partial charge < -0.3 is 15.4 Å². The van der Waals surface area contributed by atoms with Crippen molar-refractivity contribution in [1.29, 1.82) is 0 Å². The number of nitrogens with zero attached hydrogens (tertiary/aromatic N) is 2. The molecular formula is C28H28N4O4. The molecule has 0 aliphatic heterocycles. The zero-order valence-electron chi connectivity index (χ0n) is 20.4. The number of amides is 2. The summed E-state index contributed by atoms with van der Waals surface area (Å²) in [5.74, 6) is 0.132. The van der Waals surface area contributed by atoms with Crippen molar-refractivity contribution in [3.63, 3.8) is 0 Å². The molecule has 4 rings (SSSR count). The van der Waals surface area contributed by atoms with Crippen molar-refractivity contribution in [2.45, 2.75) is 33.2 Å². The van der Waals surface area contributed by atoms with Crippen LogP contribution >= 0.6 is 0 Å². The van der Waals surface area contributed by atoms with Gasteiger partial charge in [0.1, 0.15) is 17.5 Å². The lowest BCUT2D eigenvalue weighted by Crippen LogP contribution is -2.34. The number of anilines is 2. The maximum absolute atomic E-state index is 13.9. The highest BCUT2D eigenvalue weighted by Gasteiger charge is 2.25. The molecule has 0 bridgehead atoms. The number of para-hydroxylation sites is 3. The number of benzene rings is 3. The summed E-state index contributed by atoms with van der Waals surface area (Å²) in [6.07, 6.45) is 0.379. The molecule has 8 heteroatoms. The lowest BCUT2D eigenvalue weighted by Gasteiger charge is -2.21. The van der Waals surface area contributed by atoms with Gasteiger partial charge in [-0.25, -0.2) is 4.98 Å². The highest BCUT2D eigenvalue weighted by molar-refractivity contribution is 5.96. The largest absolute Gasteiger partial charge is 0.494 e. The maximum Gasteiger partial charge on any atom is 0.278 e. The van der Waals surface area contributed by atoms with Crippen LogP contribution in [0.4, 0.5) is 11.4 Å². The molecule has 1 heterocycles.